The molecule has 1 nitrogen and oxygen atoms in total. The molecular formula is C21H27BrO. The van der Waals surface area contributed by atoms with Crippen LogP contribution in [0.25, 0.3) is 0 Å². The first kappa shape index (κ1) is 18.1. The maximum Gasteiger partial charge on any atom is 0.123 e. The average Bonchev–Trinajstić information content (AvgIpc) is 2.47. The quantitative estimate of drug-likeness (QED) is 0.542. The molecule has 0 bridgehead atoms. The lowest BCUT2D eigenvalue weighted by molar-refractivity contribution is 0.300. The van der Waals surface area contributed by atoms with Crippen molar-refractivity contribution in [2.24, 2.45) is 11.8 Å². The van der Waals surface area contributed by atoms with Crippen LogP contribution in [0.2, 0.25) is 0 Å². The van der Waals surface area contributed by atoms with Crippen LogP contribution in [-0.2, 0) is 19.4 Å². The minimum atomic E-state index is 0.595. The Morgan fingerprint density at radius 1 is 0.870 bits per heavy atom. The third-order valence-corrected chi connectivity index (χ3v) is 4.52. The largest absolute Gasteiger partial charge is 0.489 e. The van der Waals surface area contributed by atoms with Gasteiger partial charge in [0.25, 0.3) is 0 Å². The van der Waals surface area contributed by atoms with Crippen molar-refractivity contribution < 1.29 is 4.74 Å². The number of benzene rings is 2. The summed E-state index contributed by atoms with van der Waals surface area (Å²) in [7, 11) is 0. The van der Waals surface area contributed by atoms with E-state index < -0.39 is 0 Å². The Morgan fingerprint density at radius 2 is 1.57 bits per heavy atom. The van der Waals surface area contributed by atoms with E-state index in [1.165, 1.54) is 16.7 Å². The molecule has 0 N–H and O–H groups in total. The normalized spacial score (nSPS) is 11.3. The van der Waals surface area contributed by atoms with Gasteiger partial charge in [-0.15, -0.1) is 0 Å². The van der Waals surface area contributed by atoms with Gasteiger partial charge in [-0.05, 0) is 47.9 Å². The van der Waals surface area contributed by atoms with Gasteiger partial charge in [0.05, 0.1) is 0 Å². The van der Waals surface area contributed by atoms with Crippen LogP contribution in [0.4, 0.5) is 0 Å². The summed E-state index contributed by atoms with van der Waals surface area (Å²) in [6, 6.07) is 15.0. The summed E-state index contributed by atoms with van der Waals surface area (Å²) in [6.07, 6.45) is 2.14. The van der Waals surface area contributed by atoms with Crippen molar-refractivity contribution in [3.05, 3.63) is 63.6 Å². The maximum absolute atomic E-state index is 6.20. The van der Waals surface area contributed by atoms with Crippen molar-refractivity contribution >= 4 is 15.9 Å². The van der Waals surface area contributed by atoms with Gasteiger partial charge in [0.2, 0.25) is 0 Å². The topological polar surface area (TPSA) is 9.23 Å². The molecule has 2 rings (SSSR count). The van der Waals surface area contributed by atoms with Gasteiger partial charge < -0.3 is 4.74 Å². The fourth-order valence-electron chi connectivity index (χ4n) is 2.71. The third-order valence-electron chi connectivity index (χ3n) is 3.74. The average molecular weight is 375 g/mol. The minimum absolute atomic E-state index is 0.595. The number of halogens is 1. The fraction of sp³-hybridized carbons (Fsp3) is 0.429. The van der Waals surface area contributed by atoms with Crippen molar-refractivity contribution in [2.75, 3.05) is 0 Å². The second-order valence-corrected chi connectivity index (χ2v) is 7.87. The zero-order chi connectivity index (χ0) is 16.8. The van der Waals surface area contributed by atoms with E-state index in [1.54, 1.807) is 0 Å². The Balaban J connectivity index is 2.20. The molecule has 0 saturated heterocycles. The number of hydrogen-bond acceptors (Lipinski definition) is 1. The number of rotatable bonds is 7. The van der Waals surface area contributed by atoms with Crippen LogP contribution in [0, 0.1) is 11.8 Å². The second-order valence-electron chi connectivity index (χ2n) is 7.02. The van der Waals surface area contributed by atoms with Gasteiger partial charge in [0, 0.05) is 10.0 Å². The van der Waals surface area contributed by atoms with E-state index in [0.717, 1.165) is 23.1 Å². The van der Waals surface area contributed by atoms with E-state index in [0.29, 0.717) is 18.4 Å². The maximum atomic E-state index is 6.20. The Hall–Kier alpha value is -1.28. The van der Waals surface area contributed by atoms with E-state index in [2.05, 4.69) is 74.0 Å². The summed E-state index contributed by atoms with van der Waals surface area (Å²) in [5.74, 6) is 2.31. The van der Waals surface area contributed by atoms with E-state index in [9.17, 15) is 0 Å². The first-order valence-electron chi connectivity index (χ1n) is 8.43. The first-order chi connectivity index (χ1) is 11.0. The monoisotopic (exact) mass is 374 g/mol. The van der Waals surface area contributed by atoms with Gasteiger partial charge in [-0.3, -0.25) is 0 Å². The van der Waals surface area contributed by atoms with Gasteiger partial charge in [-0.1, -0.05) is 74.0 Å². The van der Waals surface area contributed by atoms with E-state index in [1.807, 2.05) is 12.1 Å². The van der Waals surface area contributed by atoms with Crippen molar-refractivity contribution in [3.8, 4) is 5.75 Å². The van der Waals surface area contributed by atoms with Crippen LogP contribution in [0.1, 0.15) is 44.4 Å². The highest BCUT2D eigenvalue weighted by molar-refractivity contribution is 9.10. The van der Waals surface area contributed by atoms with Crippen LogP contribution < -0.4 is 4.74 Å². The standard InChI is InChI=1S/C21H27BrO/c1-15(2)11-17-9-10-18(12-16(3)4)21(13-17)23-14-19-7-5-6-8-20(19)22/h5-10,13,15-16H,11-12,14H2,1-4H3. The third kappa shape index (κ3) is 5.69. The van der Waals surface area contributed by atoms with Crippen molar-refractivity contribution in [1.82, 2.24) is 0 Å². The van der Waals surface area contributed by atoms with Gasteiger partial charge in [-0.25, -0.2) is 0 Å². The minimum Gasteiger partial charge on any atom is -0.489 e. The molecule has 0 atom stereocenters. The van der Waals surface area contributed by atoms with Gasteiger partial charge in [0.1, 0.15) is 12.4 Å². The highest BCUT2D eigenvalue weighted by Crippen LogP contribution is 2.27. The molecule has 0 spiro atoms. The van der Waals surface area contributed by atoms with Gasteiger partial charge in [-0.2, -0.15) is 0 Å². The molecule has 0 fully saturated rings. The molecule has 0 aliphatic carbocycles. The van der Waals surface area contributed by atoms with Gasteiger partial charge >= 0.3 is 0 Å². The highest BCUT2D eigenvalue weighted by atomic mass is 79.9. The lowest BCUT2D eigenvalue weighted by Gasteiger charge is -2.16. The molecule has 23 heavy (non-hydrogen) atoms. The fourth-order valence-corrected chi connectivity index (χ4v) is 3.11. The first-order valence-corrected chi connectivity index (χ1v) is 9.23. The lowest BCUT2D eigenvalue weighted by Crippen LogP contribution is -2.04. The summed E-state index contributed by atoms with van der Waals surface area (Å²) >= 11 is 3.60. The van der Waals surface area contributed by atoms with Crippen molar-refractivity contribution in [3.63, 3.8) is 0 Å². The van der Waals surface area contributed by atoms with Gasteiger partial charge in [0.15, 0.2) is 0 Å². The Kier molecular flexibility index (Phi) is 6.71. The van der Waals surface area contributed by atoms with E-state index in [-0.39, 0.29) is 0 Å². The molecule has 124 valence electrons. The Bertz CT molecular complexity index is 631. The van der Waals surface area contributed by atoms with Crippen LogP contribution in [0.5, 0.6) is 5.75 Å². The van der Waals surface area contributed by atoms with Crippen molar-refractivity contribution in [1.29, 1.82) is 0 Å². The molecule has 0 amide bonds. The zero-order valence-electron chi connectivity index (χ0n) is 14.6. The second kappa shape index (κ2) is 8.54. The molecule has 0 aliphatic rings. The van der Waals surface area contributed by atoms with E-state index >= 15 is 0 Å². The van der Waals surface area contributed by atoms with Crippen molar-refractivity contribution in [2.45, 2.75) is 47.1 Å². The lowest BCUT2D eigenvalue weighted by atomic mass is 9.97. The molecule has 0 heterocycles. The van der Waals surface area contributed by atoms with E-state index in [4.69, 9.17) is 4.74 Å². The summed E-state index contributed by atoms with van der Waals surface area (Å²) in [5, 5.41) is 0. The number of ether oxygens (including phenoxy) is 1. The summed E-state index contributed by atoms with van der Waals surface area (Å²) in [4.78, 5) is 0. The zero-order valence-corrected chi connectivity index (χ0v) is 16.2. The summed E-state index contributed by atoms with van der Waals surface area (Å²) < 4.78 is 7.30. The Morgan fingerprint density at radius 3 is 2.22 bits per heavy atom. The highest BCUT2D eigenvalue weighted by Gasteiger charge is 2.10. The van der Waals surface area contributed by atoms with Crippen LogP contribution in [-0.4, -0.2) is 0 Å². The molecule has 0 aliphatic heterocycles. The summed E-state index contributed by atoms with van der Waals surface area (Å²) in [5.41, 5.74) is 3.84. The molecule has 2 aromatic rings. The molecule has 2 heteroatoms. The summed E-state index contributed by atoms with van der Waals surface area (Å²) in [6.45, 7) is 9.60. The molecule has 0 radical (unpaired) electrons. The SMILES string of the molecule is CC(C)Cc1ccc(CC(C)C)c(OCc2ccccc2Br)c1. The smallest absolute Gasteiger partial charge is 0.123 e. The molecular weight excluding hydrogens is 348 g/mol. The molecule has 0 unspecified atom stereocenters. The predicted molar refractivity (Wildman–Crippen MR) is 102 cm³/mol. The molecule has 0 saturated carbocycles. The van der Waals surface area contributed by atoms with Crippen LogP contribution in [0.15, 0.2) is 46.9 Å². The van der Waals surface area contributed by atoms with Crippen LogP contribution in [0.3, 0.4) is 0 Å². The van der Waals surface area contributed by atoms with Crippen LogP contribution >= 0.6 is 15.9 Å². The number of hydrogen-bond donors (Lipinski definition) is 0. The molecule has 2 aromatic carbocycles. The Labute approximate surface area is 149 Å². The molecule has 0 aromatic heterocycles. The predicted octanol–water partition coefficient (Wildman–Crippen LogP) is 6.43.